The number of carbonyl (C=O) groups is 3. The van der Waals surface area contributed by atoms with Gasteiger partial charge in [0.15, 0.2) is 0 Å². The zero-order valence-corrected chi connectivity index (χ0v) is 18.1. The molecule has 0 saturated heterocycles. The molecule has 0 bridgehead atoms. The molecule has 0 unspecified atom stereocenters. The van der Waals surface area contributed by atoms with Gasteiger partial charge in [-0.05, 0) is 94.4 Å². The zero-order chi connectivity index (χ0) is 24.4. The number of hydrogen-bond acceptors (Lipinski definition) is 3. The molecule has 4 rings (SSSR count). The summed E-state index contributed by atoms with van der Waals surface area (Å²) in [5, 5.41) is 27.7. The van der Waals surface area contributed by atoms with Gasteiger partial charge in [-0.15, -0.1) is 0 Å². The third-order valence-corrected chi connectivity index (χ3v) is 5.76. The van der Waals surface area contributed by atoms with Crippen molar-refractivity contribution in [2.45, 2.75) is 6.92 Å². The molecule has 0 aliphatic carbocycles. The molecule has 0 aliphatic heterocycles. The van der Waals surface area contributed by atoms with Gasteiger partial charge in [0.05, 0.1) is 16.7 Å². The monoisotopic (exact) mass is 452 g/mol. The first-order chi connectivity index (χ1) is 16.2. The van der Waals surface area contributed by atoms with Crippen molar-refractivity contribution >= 4 is 17.9 Å². The Labute approximate surface area is 195 Å². The highest BCUT2D eigenvalue weighted by atomic mass is 16.4. The Bertz CT molecular complexity index is 1320. The molecule has 0 amide bonds. The Morgan fingerprint density at radius 3 is 1.06 bits per heavy atom. The van der Waals surface area contributed by atoms with Crippen LogP contribution in [0.5, 0.6) is 0 Å². The number of benzene rings is 4. The summed E-state index contributed by atoms with van der Waals surface area (Å²) in [4.78, 5) is 33.8. The van der Waals surface area contributed by atoms with Gasteiger partial charge >= 0.3 is 17.9 Å². The van der Waals surface area contributed by atoms with E-state index < -0.39 is 17.9 Å². The van der Waals surface area contributed by atoms with E-state index >= 15 is 0 Å². The molecule has 6 nitrogen and oxygen atoms in total. The Morgan fingerprint density at radius 1 is 0.471 bits per heavy atom. The van der Waals surface area contributed by atoms with Crippen molar-refractivity contribution in [3.63, 3.8) is 0 Å². The van der Waals surface area contributed by atoms with Crippen molar-refractivity contribution in [3.05, 3.63) is 107 Å². The van der Waals surface area contributed by atoms with Crippen LogP contribution in [0.2, 0.25) is 0 Å². The minimum absolute atomic E-state index is 0.185. The van der Waals surface area contributed by atoms with Crippen LogP contribution in [-0.2, 0) is 0 Å². The molecule has 0 aliphatic rings. The fourth-order valence-corrected chi connectivity index (χ4v) is 3.87. The number of carboxylic acid groups (broad SMARTS) is 3. The second kappa shape index (κ2) is 9.03. The molecule has 6 heteroatoms. The summed E-state index contributed by atoms with van der Waals surface area (Å²) in [6.07, 6.45) is 0. The highest BCUT2D eigenvalue weighted by Crippen LogP contribution is 2.37. The molecule has 0 aromatic heterocycles. The number of carboxylic acids is 3. The van der Waals surface area contributed by atoms with Crippen LogP contribution in [0.1, 0.15) is 36.6 Å². The first kappa shape index (κ1) is 22.5. The van der Waals surface area contributed by atoms with E-state index in [1.807, 2.05) is 19.1 Å². The number of rotatable bonds is 6. The maximum Gasteiger partial charge on any atom is 0.335 e. The van der Waals surface area contributed by atoms with Crippen LogP contribution >= 0.6 is 0 Å². The largest absolute Gasteiger partial charge is 0.478 e. The zero-order valence-electron chi connectivity index (χ0n) is 18.1. The van der Waals surface area contributed by atoms with Crippen LogP contribution in [0.25, 0.3) is 33.4 Å². The van der Waals surface area contributed by atoms with Crippen LogP contribution in [0, 0.1) is 6.92 Å². The van der Waals surface area contributed by atoms with Crippen molar-refractivity contribution in [3.8, 4) is 33.4 Å². The maximum atomic E-state index is 11.3. The Morgan fingerprint density at radius 2 is 0.765 bits per heavy atom. The minimum Gasteiger partial charge on any atom is -0.478 e. The van der Waals surface area contributed by atoms with E-state index in [-0.39, 0.29) is 16.7 Å². The molecule has 34 heavy (non-hydrogen) atoms. The molecular weight excluding hydrogens is 432 g/mol. The van der Waals surface area contributed by atoms with Crippen LogP contribution < -0.4 is 0 Å². The Hall–Kier alpha value is -4.71. The summed E-state index contributed by atoms with van der Waals surface area (Å²) >= 11 is 0. The lowest BCUT2D eigenvalue weighted by molar-refractivity contribution is 0.0686. The highest BCUT2D eigenvalue weighted by molar-refractivity contribution is 5.92. The predicted molar refractivity (Wildman–Crippen MR) is 128 cm³/mol. The van der Waals surface area contributed by atoms with E-state index in [4.69, 9.17) is 0 Å². The normalized spacial score (nSPS) is 10.6. The van der Waals surface area contributed by atoms with Crippen molar-refractivity contribution in [2.75, 3.05) is 0 Å². The lowest BCUT2D eigenvalue weighted by Gasteiger charge is -2.16. The fourth-order valence-electron chi connectivity index (χ4n) is 3.87. The topological polar surface area (TPSA) is 112 Å². The summed E-state index contributed by atoms with van der Waals surface area (Å²) in [5.74, 6) is -3.02. The summed E-state index contributed by atoms with van der Waals surface area (Å²) < 4.78 is 0. The molecule has 0 heterocycles. The van der Waals surface area contributed by atoms with E-state index in [1.54, 1.807) is 72.8 Å². The maximum absolute atomic E-state index is 11.3. The summed E-state index contributed by atoms with van der Waals surface area (Å²) in [7, 11) is 0. The average Bonchev–Trinajstić information content (AvgIpc) is 2.84. The molecule has 0 radical (unpaired) electrons. The van der Waals surface area contributed by atoms with Crippen molar-refractivity contribution in [1.82, 2.24) is 0 Å². The quantitative estimate of drug-likeness (QED) is 0.326. The minimum atomic E-state index is -1.01. The number of hydrogen-bond donors (Lipinski definition) is 3. The van der Waals surface area contributed by atoms with Crippen molar-refractivity contribution < 1.29 is 29.7 Å². The van der Waals surface area contributed by atoms with Crippen molar-refractivity contribution in [2.24, 2.45) is 0 Å². The van der Waals surface area contributed by atoms with E-state index in [9.17, 15) is 29.7 Å². The Kier molecular flexibility index (Phi) is 5.97. The molecular formula is C28H20O6. The fraction of sp³-hybridized carbons (Fsp3) is 0.0357. The van der Waals surface area contributed by atoms with Crippen molar-refractivity contribution in [1.29, 1.82) is 0 Å². The van der Waals surface area contributed by atoms with Crippen LogP contribution in [0.3, 0.4) is 0 Å². The molecule has 168 valence electrons. The second-order valence-corrected chi connectivity index (χ2v) is 7.84. The third kappa shape index (κ3) is 4.42. The molecule has 4 aromatic rings. The number of aromatic carboxylic acids is 3. The second-order valence-electron chi connectivity index (χ2n) is 7.84. The van der Waals surface area contributed by atoms with Gasteiger partial charge < -0.3 is 15.3 Å². The van der Waals surface area contributed by atoms with Crippen LogP contribution in [0.15, 0.2) is 84.9 Å². The lowest BCUT2D eigenvalue weighted by Crippen LogP contribution is -1.97. The van der Waals surface area contributed by atoms with Gasteiger partial charge in [-0.2, -0.15) is 0 Å². The van der Waals surface area contributed by atoms with Gasteiger partial charge in [0, 0.05) is 0 Å². The van der Waals surface area contributed by atoms with Crippen LogP contribution in [-0.4, -0.2) is 33.2 Å². The van der Waals surface area contributed by atoms with Gasteiger partial charge in [0.25, 0.3) is 0 Å². The SMILES string of the molecule is Cc1c(-c2ccc(C(=O)O)cc2)cc(-c2ccc(C(=O)O)cc2)cc1-c1ccc(C(=O)O)cc1. The van der Waals surface area contributed by atoms with E-state index in [0.717, 1.165) is 38.9 Å². The third-order valence-electron chi connectivity index (χ3n) is 5.76. The Balaban J connectivity index is 1.90. The van der Waals surface area contributed by atoms with Gasteiger partial charge in [0.1, 0.15) is 0 Å². The molecule has 4 aromatic carbocycles. The standard InChI is InChI=1S/C28H20O6/c1-16-24(18-4-10-21(11-5-18)27(31)32)14-23(17-2-8-20(9-3-17)26(29)30)15-25(16)19-6-12-22(13-7-19)28(33)34/h2-15H,1H3,(H,29,30)(H,31,32)(H,33,34). The van der Waals surface area contributed by atoms with Gasteiger partial charge in [-0.25, -0.2) is 14.4 Å². The van der Waals surface area contributed by atoms with E-state index in [0.29, 0.717) is 0 Å². The molecule has 0 spiro atoms. The molecule has 0 saturated carbocycles. The first-order valence-electron chi connectivity index (χ1n) is 10.4. The lowest BCUT2D eigenvalue weighted by atomic mass is 9.88. The van der Waals surface area contributed by atoms with Gasteiger partial charge in [-0.1, -0.05) is 36.4 Å². The van der Waals surface area contributed by atoms with E-state index in [2.05, 4.69) is 0 Å². The molecule has 0 atom stereocenters. The molecule has 0 fully saturated rings. The van der Waals surface area contributed by atoms with Gasteiger partial charge in [0.2, 0.25) is 0 Å². The first-order valence-corrected chi connectivity index (χ1v) is 10.4. The van der Waals surface area contributed by atoms with E-state index in [1.165, 1.54) is 0 Å². The smallest absolute Gasteiger partial charge is 0.335 e. The predicted octanol–water partition coefficient (Wildman–Crippen LogP) is 6.09. The summed E-state index contributed by atoms with van der Waals surface area (Å²) in [6.45, 7) is 1.96. The highest BCUT2D eigenvalue weighted by Gasteiger charge is 2.14. The van der Waals surface area contributed by atoms with Gasteiger partial charge in [-0.3, -0.25) is 0 Å². The summed E-state index contributed by atoms with van der Waals surface area (Å²) in [6, 6.07) is 23.7. The summed E-state index contributed by atoms with van der Waals surface area (Å²) in [5.41, 5.74) is 6.58. The average molecular weight is 452 g/mol. The molecule has 3 N–H and O–H groups in total. The van der Waals surface area contributed by atoms with Crippen LogP contribution in [0.4, 0.5) is 0 Å².